The molecule has 206 valence electrons. The van der Waals surface area contributed by atoms with E-state index in [1.807, 2.05) is 24.0 Å². The van der Waals surface area contributed by atoms with Crippen LogP contribution in [0.3, 0.4) is 0 Å². The molecule has 0 aromatic heterocycles. The molecule has 14 heteroatoms. The topological polar surface area (TPSA) is 130 Å². The van der Waals surface area contributed by atoms with Gasteiger partial charge in [0, 0.05) is 62.1 Å². The molecule has 1 aliphatic rings. The number of nitro benzene ring substituents is 1. The Bertz CT molecular complexity index is 1430. The third-order valence-corrected chi connectivity index (χ3v) is 8.67. The predicted octanol–water partition coefficient (Wildman–Crippen LogP) is 2.93. The SMILES string of the molecule is C#Cc1cc([N+](=O)[O-])cc(S(=O)(=O)N2CCN(c3cccc(Cl)c3)CC2)c1N(CCC)CCOS(C)(=O)=O. The van der Waals surface area contributed by atoms with Crippen LogP contribution in [-0.2, 0) is 24.3 Å². The second kappa shape index (κ2) is 12.3. The van der Waals surface area contributed by atoms with Crippen LogP contribution in [0, 0.1) is 22.5 Å². The molecule has 1 aliphatic heterocycles. The summed E-state index contributed by atoms with van der Waals surface area (Å²) >= 11 is 6.10. The first-order valence-electron chi connectivity index (χ1n) is 11.8. The van der Waals surface area contributed by atoms with Gasteiger partial charge in [0.15, 0.2) is 0 Å². The van der Waals surface area contributed by atoms with E-state index in [2.05, 4.69) is 5.92 Å². The molecule has 38 heavy (non-hydrogen) atoms. The van der Waals surface area contributed by atoms with Gasteiger partial charge in [0.05, 0.1) is 29.0 Å². The average Bonchev–Trinajstić information content (AvgIpc) is 2.86. The van der Waals surface area contributed by atoms with Gasteiger partial charge in [-0.25, -0.2) is 8.42 Å². The van der Waals surface area contributed by atoms with Crippen LogP contribution in [0.2, 0.25) is 5.02 Å². The third kappa shape index (κ3) is 7.15. The fourth-order valence-electron chi connectivity index (χ4n) is 4.23. The lowest BCUT2D eigenvalue weighted by atomic mass is 10.1. The molecule has 0 N–H and O–H groups in total. The van der Waals surface area contributed by atoms with Gasteiger partial charge in [0.1, 0.15) is 4.90 Å². The monoisotopic (exact) mass is 584 g/mol. The Morgan fingerprint density at radius 3 is 2.37 bits per heavy atom. The van der Waals surface area contributed by atoms with Crippen molar-refractivity contribution in [2.24, 2.45) is 0 Å². The van der Waals surface area contributed by atoms with Gasteiger partial charge in [-0.3, -0.25) is 14.3 Å². The van der Waals surface area contributed by atoms with Gasteiger partial charge in [-0.05, 0) is 24.6 Å². The minimum atomic E-state index is -4.23. The highest BCUT2D eigenvalue weighted by atomic mass is 35.5. The molecule has 0 bridgehead atoms. The van der Waals surface area contributed by atoms with Crippen LogP contribution >= 0.6 is 11.6 Å². The second-order valence-electron chi connectivity index (χ2n) is 8.63. The van der Waals surface area contributed by atoms with Gasteiger partial charge in [-0.2, -0.15) is 12.7 Å². The lowest BCUT2D eigenvalue weighted by Crippen LogP contribution is -2.49. The van der Waals surface area contributed by atoms with Gasteiger partial charge in [0.2, 0.25) is 10.0 Å². The largest absolute Gasteiger partial charge is 0.369 e. The molecule has 0 spiro atoms. The highest BCUT2D eigenvalue weighted by Crippen LogP contribution is 2.36. The van der Waals surface area contributed by atoms with Crippen LogP contribution in [0.4, 0.5) is 17.1 Å². The van der Waals surface area contributed by atoms with Crippen molar-refractivity contribution in [2.75, 3.05) is 61.9 Å². The Morgan fingerprint density at radius 1 is 1.13 bits per heavy atom. The number of non-ortho nitro benzene ring substituents is 1. The first-order valence-corrected chi connectivity index (χ1v) is 15.4. The zero-order chi connectivity index (χ0) is 28.1. The number of nitrogens with zero attached hydrogens (tertiary/aromatic N) is 4. The smallest absolute Gasteiger partial charge is 0.272 e. The summed E-state index contributed by atoms with van der Waals surface area (Å²) in [5.41, 5.74) is 0.527. The van der Waals surface area contributed by atoms with E-state index in [1.165, 1.54) is 4.31 Å². The minimum absolute atomic E-state index is 0.00152. The van der Waals surface area contributed by atoms with Crippen molar-refractivity contribution in [3.05, 3.63) is 57.1 Å². The summed E-state index contributed by atoms with van der Waals surface area (Å²) in [5, 5.41) is 12.2. The summed E-state index contributed by atoms with van der Waals surface area (Å²) in [7, 11) is -7.96. The Kier molecular flexibility index (Phi) is 9.61. The van der Waals surface area contributed by atoms with Crippen molar-refractivity contribution in [1.29, 1.82) is 0 Å². The van der Waals surface area contributed by atoms with Crippen molar-refractivity contribution >= 4 is 48.8 Å². The van der Waals surface area contributed by atoms with E-state index in [1.54, 1.807) is 17.0 Å². The predicted molar refractivity (Wildman–Crippen MR) is 147 cm³/mol. The lowest BCUT2D eigenvalue weighted by Gasteiger charge is -2.36. The van der Waals surface area contributed by atoms with Gasteiger partial charge in [-0.1, -0.05) is 30.5 Å². The molecule has 0 radical (unpaired) electrons. The molecule has 0 atom stereocenters. The van der Waals surface area contributed by atoms with E-state index >= 15 is 0 Å². The van der Waals surface area contributed by atoms with Crippen LogP contribution in [-0.4, -0.2) is 78.2 Å². The molecule has 1 heterocycles. The van der Waals surface area contributed by atoms with E-state index in [0.29, 0.717) is 31.1 Å². The molecule has 0 amide bonds. The van der Waals surface area contributed by atoms with Gasteiger partial charge < -0.3 is 9.80 Å². The van der Waals surface area contributed by atoms with E-state index in [4.69, 9.17) is 22.2 Å². The van der Waals surface area contributed by atoms with Crippen LogP contribution in [0.25, 0.3) is 0 Å². The fourth-order valence-corrected chi connectivity index (χ4v) is 6.47. The van der Waals surface area contributed by atoms with E-state index < -0.39 is 30.8 Å². The first-order chi connectivity index (χ1) is 17.9. The number of rotatable bonds is 11. The molecular formula is C24H29ClN4O7S2. The van der Waals surface area contributed by atoms with Crippen molar-refractivity contribution < 1.29 is 25.9 Å². The summed E-state index contributed by atoms with van der Waals surface area (Å²) in [6, 6.07) is 9.40. The standard InChI is InChI=1S/C24H29ClN4O7S2/c1-4-9-27(14-15-36-37(3,32)33)24-19(5-2)16-22(29(30)31)18-23(24)38(34,35)28-12-10-26(11-13-28)21-8-6-7-20(25)17-21/h2,6-8,16-18H,4,9-15H2,1,3H3. The van der Waals surface area contributed by atoms with E-state index in [9.17, 15) is 26.9 Å². The zero-order valence-electron chi connectivity index (χ0n) is 21.0. The van der Waals surface area contributed by atoms with Crippen molar-refractivity contribution in [3.63, 3.8) is 0 Å². The Labute approximate surface area is 228 Å². The number of hydrogen-bond acceptors (Lipinski definition) is 9. The van der Waals surface area contributed by atoms with Crippen molar-refractivity contribution in [3.8, 4) is 12.3 Å². The number of anilines is 2. The minimum Gasteiger partial charge on any atom is -0.369 e. The van der Waals surface area contributed by atoms with E-state index in [-0.39, 0.29) is 42.4 Å². The number of piperazine rings is 1. The maximum Gasteiger partial charge on any atom is 0.272 e. The molecular weight excluding hydrogens is 556 g/mol. The molecule has 1 fully saturated rings. The van der Waals surface area contributed by atoms with Crippen LogP contribution in [0.1, 0.15) is 18.9 Å². The van der Waals surface area contributed by atoms with Crippen LogP contribution in [0.15, 0.2) is 41.3 Å². The van der Waals surface area contributed by atoms with Gasteiger partial charge >= 0.3 is 0 Å². The van der Waals surface area contributed by atoms with Crippen molar-refractivity contribution in [2.45, 2.75) is 18.2 Å². The molecule has 2 aromatic carbocycles. The fraction of sp³-hybridized carbons (Fsp3) is 0.417. The molecule has 0 saturated carbocycles. The maximum atomic E-state index is 13.9. The van der Waals surface area contributed by atoms with Gasteiger partial charge in [0.25, 0.3) is 15.8 Å². The molecule has 1 saturated heterocycles. The molecule has 11 nitrogen and oxygen atoms in total. The number of terminal acetylenes is 1. The summed E-state index contributed by atoms with van der Waals surface area (Å²) in [5.74, 6) is 2.38. The van der Waals surface area contributed by atoms with Gasteiger partial charge in [-0.15, -0.1) is 6.42 Å². The summed E-state index contributed by atoms with van der Waals surface area (Å²) in [6.07, 6.45) is 7.16. The highest BCUT2D eigenvalue weighted by molar-refractivity contribution is 7.89. The maximum absolute atomic E-state index is 13.9. The summed E-state index contributed by atoms with van der Waals surface area (Å²) in [6.45, 7) is 2.94. The Hall–Kier alpha value is -2.89. The quantitative estimate of drug-likeness (QED) is 0.169. The number of hydrogen-bond donors (Lipinski definition) is 0. The normalized spacial score (nSPS) is 14.7. The summed E-state index contributed by atoms with van der Waals surface area (Å²) < 4.78 is 56.9. The van der Waals surface area contributed by atoms with Crippen LogP contribution < -0.4 is 9.80 Å². The van der Waals surface area contributed by atoms with Crippen LogP contribution in [0.5, 0.6) is 0 Å². The number of benzene rings is 2. The highest BCUT2D eigenvalue weighted by Gasteiger charge is 2.34. The number of sulfonamides is 1. The Morgan fingerprint density at radius 2 is 1.82 bits per heavy atom. The third-order valence-electron chi connectivity index (χ3n) is 5.92. The number of nitro groups is 1. The molecule has 0 aliphatic carbocycles. The number of halogens is 1. The average molecular weight is 585 g/mol. The van der Waals surface area contributed by atoms with Crippen molar-refractivity contribution in [1.82, 2.24) is 4.31 Å². The zero-order valence-corrected chi connectivity index (χ0v) is 23.4. The lowest BCUT2D eigenvalue weighted by molar-refractivity contribution is -0.385. The Balaban J connectivity index is 2.01. The summed E-state index contributed by atoms with van der Waals surface area (Å²) in [4.78, 5) is 14.3. The molecule has 0 unspecified atom stereocenters. The van der Waals surface area contributed by atoms with E-state index in [0.717, 1.165) is 24.1 Å². The second-order valence-corrected chi connectivity index (χ2v) is 12.6. The molecule has 3 rings (SSSR count). The first kappa shape index (κ1) is 29.7. The molecule has 2 aromatic rings.